The van der Waals surface area contributed by atoms with Gasteiger partial charge in [0.25, 0.3) is 0 Å². The van der Waals surface area contributed by atoms with Gasteiger partial charge in [0.1, 0.15) is 0 Å². The van der Waals surface area contributed by atoms with E-state index in [0.717, 1.165) is 24.0 Å². The highest BCUT2D eigenvalue weighted by Gasteiger charge is 2.15. The van der Waals surface area contributed by atoms with Crippen molar-refractivity contribution in [3.05, 3.63) is 76.9 Å². The SMILES string of the molecule is NC(Cc1ccc2c(c1)CC=CC2)C(=O)NCCc1ccc(S(N)(=O)=O)cc1. The Morgan fingerprint density at radius 1 is 1.00 bits per heavy atom. The first-order chi connectivity index (χ1) is 13.3. The standard InChI is InChI=1S/C21H25N3O3S/c22-20(14-16-5-8-17-3-1-2-4-18(17)13-16)21(25)24-12-11-15-6-9-19(10-7-15)28(23,26)27/h1-2,5-10,13,20H,3-4,11-12,14,22H2,(H,24,25)(H2,23,26,27). The maximum atomic E-state index is 12.3. The number of benzene rings is 2. The average Bonchev–Trinajstić information content (AvgIpc) is 2.67. The number of nitrogens with one attached hydrogen (secondary N) is 1. The monoisotopic (exact) mass is 399 g/mol. The van der Waals surface area contributed by atoms with Crippen LogP contribution in [0.25, 0.3) is 0 Å². The summed E-state index contributed by atoms with van der Waals surface area (Å²) in [6.07, 6.45) is 7.29. The van der Waals surface area contributed by atoms with Crippen LogP contribution in [0.2, 0.25) is 0 Å². The van der Waals surface area contributed by atoms with Crippen molar-refractivity contribution >= 4 is 15.9 Å². The number of fused-ring (bicyclic) bond motifs is 1. The number of rotatable bonds is 7. The van der Waals surface area contributed by atoms with Crippen molar-refractivity contribution in [1.29, 1.82) is 0 Å². The third kappa shape index (κ3) is 5.28. The van der Waals surface area contributed by atoms with Crippen LogP contribution >= 0.6 is 0 Å². The second-order valence-corrected chi connectivity index (χ2v) is 8.58. The zero-order valence-electron chi connectivity index (χ0n) is 15.6. The highest BCUT2D eigenvalue weighted by Crippen LogP contribution is 2.19. The lowest BCUT2D eigenvalue weighted by Gasteiger charge is -2.16. The van der Waals surface area contributed by atoms with E-state index in [-0.39, 0.29) is 10.8 Å². The number of sulfonamides is 1. The van der Waals surface area contributed by atoms with Gasteiger partial charge in [-0.2, -0.15) is 0 Å². The van der Waals surface area contributed by atoms with E-state index in [1.165, 1.54) is 23.3 Å². The molecule has 2 aromatic carbocycles. The lowest BCUT2D eigenvalue weighted by Crippen LogP contribution is -2.42. The van der Waals surface area contributed by atoms with E-state index >= 15 is 0 Å². The van der Waals surface area contributed by atoms with E-state index in [9.17, 15) is 13.2 Å². The molecule has 0 fully saturated rings. The van der Waals surface area contributed by atoms with E-state index in [1.54, 1.807) is 12.1 Å². The first-order valence-corrected chi connectivity index (χ1v) is 10.8. The van der Waals surface area contributed by atoms with Crippen LogP contribution in [0.3, 0.4) is 0 Å². The first kappa shape index (κ1) is 20.3. The molecule has 0 aliphatic heterocycles. The Morgan fingerprint density at radius 3 is 2.32 bits per heavy atom. The molecule has 0 radical (unpaired) electrons. The molecule has 2 aromatic rings. The molecule has 0 bridgehead atoms. The number of carbonyl (C=O) groups is 1. The summed E-state index contributed by atoms with van der Waals surface area (Å²) in [6.45, 7) is 0.427. The van der Waals surface area contributed by atoms with E-state index in [4.69, 9.17) is 10.9 Å². The van der Waals surface area contributed by atoms with Gasteiger partial charge in [-0.3, -0.25) is 4.79 Å². The zero-order valence-corrected chi connectivity index (χ0v) is 16.4. The first-order valence-electron chi connectivity index (χ1n) is 9.23. The molecule has 148 valence electrons. The summed E-state index contributed by atoms with van der Waals surface area (Å²) in [5.41, 5.74) is 10.7. The van der Waals surface area contributed by atoms with Gasteiger partial charge in [-0.05, 0) is 60.1 Å². The molecule has 1 amide bonds. The highest BCUT2D eigenvalue weighted by molar-refractivity contribution is 7.89. The molecule has 0 heterocycles. The van der Waals surface area contributed by atoms with Gasteiger partial charge in [-0.1, -0.05) is 42.5 Å². The van der Waals surface area contributed by atoms with Gasteiger partial charge < -0.3 is 11.1 Å². The van der Waals surface area contributed by atoms with Crippen LogP contribution in [0.15, 0.2) is 59.5 Å². The molecule has 7 heteroatoms. The minimum atomic E-state index is -3.69. The average molecular weight is 400 g/mol. The summed E-state index contributed by atoms with van der Waals surface area (Å²) >= 11 is 0. The number of allylic oxidation sites excluding steroid dienone is 2. The molecule has 1 unspecified atom stereocenters. The fourth-order valence-corrected chi connectivity index (χ4v) is 3.78. The topological polar surface area (TPSA) is 115 Å². The van der Waals surface area contributed by atoms with Crippen LogP contribution in [0.1, 0.15) is 22.3 Å². The number of hydrogen-bond acceptors (Lipinski definition) is 4. The molecule has 1 aliphatic rings. The second kappa shape index (κ2) is 8.68. The predicted molar refractivity (Wildman–Crippen MR) is 109 cm³/mol. The minimum absolute atomic E-state index is 0.0721. The Morgan fingerprint density at radius 2 is 1.64 bits per heavy atom. The fourth-order valence-electron chi connectivity index (χ4n) is 3.27. The molecule has 0 spiro atoms. The summed E-state index contributed by atoms with van der Waals surface area (Å²) in [5, 5.41) is 7.92. The maximum Gasteiger partial charge on any atom is 0.238 e. The van der Waals surface area contributed by atoms with Crippen LogP contribution < -0.4 is 16.2 Å². The van der Waals surface area contributed by atoms with Gasteiger partial charge in [-0.25, -0.2) is 13.6 Å². The van der Waals surface area contributed by atoms with Gasteiger partial charge in [0.15, 0.2) is 0 Å². The Kier molecular flexibility index (Phi) is 6.28. The minimum Gasteiger partial charge on any atom is -0.354 e. The van der Waals surface area contributed by atoms with Crippen LogP contribution in [0.5, 0.6) is 0 Å². The van der Waals surface area contributed by atoms with Gasteiger partial charge in [0.05, 0.1) is 10.9 Å². The van der Waals surface area contributed by atoms with Crippen LogP contribution in [0.4, 0.5) is 0 Å². The maximum absolute atomic E-state index is 12.3. The third-order valence-electron chi connectivity index (χ3n) is 4.87. The van der Waals surface area contributed by atoms with Gasteiger partial charge >= 0.3 is 0 Å². The molecule has 1 atom stereocenters. The molecule has 1 aliphatic carbocycles. The Bertz CT molecular complexity index is 982. The number of carbonyl (C=O) groups excluding carboxylic acids is 1. The summed E-state index contributed by atoms with van der Waals surface area (Å²) in [4.78, 5) is 12.3. The Balaban J connectivity index is 1.48. The van der Waals surface area contributed by atoms with E-state index in [1.807, 2.05) is 6.07 Å². The summed E-state index contributed by atoms with van der Waals surface area (Å²) in [5.74, 6) is -0.196. The van der Waals surface area contributed by atoms with Crippen molar-refractivity contribution in [3.63, 3.8) is 0 Å². The Labute approximate surface area is 165 Å². The van der Waals surface area contributed by atoms with Gasteiger partial charge in [-0.15, -0.1) is 0 Å². The normalized spacial score (nSPS) is 14.4. The summed E-state index contributed by atoms with van der Waals surface area (Å²) in [6, 6.07) is 12.0. The number of nitrogens with two attached hydrogens (primary N) is 2. The van der Waals surface area contributed by atoms with Crippen molar-refractivity contribution < 1.29 is 13.2 Å². The van der Waals surface area contributed by atoms with Crippen molar-refractivity contribution in [2.45, 2.75) is 36.6 Å². The van der Waals surface area contributed by atoms with E-state index < -0.39 is 16.1 Å². The number of amides is 1. The predicted octanol–water partition coefficient (Wildman–Crippen LogP) is 1.22. The molecular weight excluding hydrogens is 374 g/mol. The lowest BCUT2D eigenvalue weighted by molar-refractivity contribution is -0.122. The molecule has 28 heavy (non-hydrogen) atoms. The zero-order chi connectivity index (χ0) is 20.1. The van der Waals surface area contributed by atoms with E-state index in [0.29, 0.717) is 19.4 Å². The van der Waals surface area contributed by atoms with E-state index in [2.05, 4.69) is 29.6 Å². The van der Waals surface area contributed by atoms with Crippen molar-refractivity contribution in [2.24, 2.45) is 10.9 Å². The quantitative estimate of drug-likeness (QED) is 0.607. The van der Waals surface area contributed by atoms with Crippen molar-refractivity contribution in [1.82, 2.24) is 5.32 Å². The molecule has 6 nitrogen and oxygen atoms in total. The summed E-state index contributed by atoms with van der Waals surface area (Å²) < 4.78 is 22.5. The fraction of sp³-hybridized carbons (Fsp3) is 0.286. The number of primary sulfonamides is 1. The summed E-state index contributed by atoms with van der Waals surface area (Å²) in [7, 11) is -3.69. The van der Waals surface area contributed by atoms with Crippen molar-refractivity contribution in [3.8, 4) is 0 Å². The highest BCUT2D eigenvalue weighted by atomic mass is 32.2. The van der Waals surface area contributed by atoms with Gasteiger partial charge in [0.2, 0.25) is 15.9 Å². The smallest absolute Gasteiger partial charge is 0.238 e. The number of hydrogen-bond donors (Lipinski definition) is 3. The van der Waals surface area contributed by atoms with Crippen LogP contribution in [-0.4, -0.2) is 26.9 Å². The van der Waals surface area contributed by atoms with Crippen LogP contribution in [0, 0.1) is 0 Å². The molecular formula is C21H25N3O3S. The largest absolute Gasteiger partial charge is 0.354 e. The third-order valence-corrected chi connectivity index (χ3v) is 5.80. The van der Waals surface area contributed by atoms with Crippen LogP contribution in [-0.2, 0) is 40.5 Å². The van der Waals surface area contributed by atoms with Gasteiger partial charge in [0, 0.05) is 6.54 Å². The molecule has 0 saturated heterocycles. The molecule has 5 N–H and O–H groups in total. The lowest BCUT2D eigenvalue weighted by atomic mass is 9.93. The molecule has 0 aromatic heterocycles. The van der Waals surface area contributed by atoms with Crippen molar-refractivity contribution in [2.75, 3.05) is 6.54 Å². The molecule has 3 rings (SSSR count). The molecule has 0 saturated carbocycles. The second-order valence-electron chi connectivity index (χ2n) is 7.02. The Hall–Kier alpha value is -2.48.